The average Bonchev–Trinajstić information content (AvgIpc) is 2.35. The van der Waals surface area contributed by atoms with Crippen LogP contribution in [0.2, 0.25) is 5.02 Å². The van der Waals surface area contributed by atoms with Crippen molar-refractivity contribution in [2.75, 3.05) is 7.05 Å². The van der Waals surface area contributed by atoms with Crippen LogP contribution in [0.1, 0.15) is 0 Å². The van der Waals surface area contributed by atoms with Crippen molar-refractivity contribution >= 4 is 17.5 Å². The first-order valence-corrected chi connectivity index (χ1v) is 3.48. The Labute approximate surface area is 69.1 Å². The van der Waals surface area contributed by atoms with Gasteiger partial charge in [0.1, 0.15) is 6.54 Å². The van der Waals surface area contributed by atoms with Gasteiger partial charge in [0.2, 0.25) is 5.91 Å². The molecule has 0 aliphatic heterocycles. The summed E-state index contributed by atoms with van der Waals surface area (Å²) >= 11 is 5.57. The number of nitrogens with one attached hydrogen (secondary N) is 1. The first-order valence-electron chi connectivity index (χ1n) is 3.11. The molecule has 1 N–H and O–H groups in total. The van der Waals surface area contributed by atoms with Gasteiger partial charge in [0, 0.05) is 13.2 Å². The van der Waals surface area contributed by atoms with E-state index >= 15 is 0 Å². The molecular formula is C6H8ClN3O. The molecule has 0 aromatic carbocycles. The van der Waals surface area contributed by atoms with E-state index in [0.717, 1.165) is 0 Å². The molecular weight excluding hydrogens is 166 g/mol. The summed E-state index contributed by atoms with van der Waals surface area (Å²) in [6, 6.07) is 0. The first-order chi connectivity index (χ1) is 5.22. The zero-order valence-corrected chi connectivity index (χ0v) is 6.80. The predicted molar refractivity (Wildman–Crippen MR) is 41.3 cm³/mol. The monoisotopic (exact) mass is 173 g/mol. The molecule has 0 spiro atoms. The van der Waals surface area contributed by atoms with Crippen molar-refractivity contribution in [1.82, 2.24) is 15.1 Å². The molecule has 0 fully saturated rings. The van der Waals surface area contributed by atoms with Crippen LogP contribution in [0.25, 0.3) is 0 Å². The fraction of sp³-hybridized carbons (Fsp3) is 0.333. The number of carbonyl (C=O) groups excluding carboxylic acids is 1. The van der Waals surface area contributed by atoms with E-state index in [1.54, 1.807) is 13.2 Å². The van der Waals surface area contributed by atoms with E-state index in [1.165, 1.54) is 10.9 Å². The third-order valence-electron chi connectivity index (χ3n) is 1.19. The summed E-state index contributed by atoms with van der Waals surface area (Å²) in [4.78, 5) is 10.8. The predicted octanol–water partition coefficient (Wildman–Crippen LogP) is 0.282. The molecule has 1 aromatic heterocycles. The largest absolute Gasteiger partial charge is 0.358 e. The molecule has 1 amide bonds. The van der Waals surface area contributed by atoms with Crippen LogP contribution < -0.4 is 5.32 Å². The Balaban J connectivity index is 2.57. The topological polar surface area (TPSA) is 46.9 Å². The lowest BCUT2D eigenvalue weighted by molar-refractivity contribution is -0.121. The van der Waals surface area contributed by atoms with E-state index < -0.39 is 0 Å². The fourth-order valence-electron chi connectivity index (χ4n) is 0.651. The van der Waals surface area contributed by atoms with Crippen molar-refractivity contribution < 1.29 is 4.79 Å². The number of aromatic nitrogens is 2. The molecule has 0 unspecified atom stereocenters. The van der Waals surface area contributed by atoms with Crippen LogP contribution in [-0.2, 0) is 11.3 Å². The molecule has 0 atom stereocenters. The highest BCUT2D eigenvalue weighted by Gasteiger charge is 2.00. The summed E-state index contributed by atoms with van der Waals surface area (Å²) in [5.74, 6) is -0.0928. The van der Waals surface area contributed by atoms with Crippen LogP contribution in [-0.4, -0.2) is 22.7 Å². The highest BCUT2D eigenvalue weighted by atomic mass is 35.5. The zero-order valence-electron chi connectivity index (χ0n) is 6.04. The summed E-state index contributed by atoms with van der Waals surface area (Å²) in [6.07, 6.45) is 3.08. The first kappa shape index (κ1) is 8.07. The lowest BCUT2D eigenvalue weighted by Gasteiger charge is -1.97. The summed E-state index contributed by atoms with van der Waals surface area (Å²) in [7, 11) is 1.58. The second kappa shape index (κ2) is 3.39. The van der Waals surface area contributed by atoms with Crippen molar-refractivity contribution in [1.29, 1.82) is 0 Å². The SMILES string of the molecule is CNC(=O)Cn1cc(Cl)cn1. The maximum Gasteiger partial charge on any atom is 0.241 e. The van der Waals surface area contributed by atoms with Gasteiger partial charge in [-0.15, -0.1) is 0 Å². The van der Waals surface area contributed by atoms with Crippen LogP contribution >= 0.6 is 11.6 Å². The van der Waals surface area contributed by atoms with Crippen molar-refractivity contribution in [2.45, 2.75) is 6.54 Å². The van der Waals surface area contributed by atoms with Crippen LogP contribution in [0.15, 0.2) is 12.4 Å². The van der Waals surface area contributed by atoms with Gasteiger partial charge >= 0.3 is 0 Å². The van der Waals surface area contributed by atoms with Crippen molar-refractivity contribution in [3.63, 3.8) is 0 Å². The molecule has 0 aliphatic carbocycles. The van der Waals surface area contributed by atoms with E-state index in [2.05, 4.69) is 10.4 Å². The molecule has 5 heteroatoms. The molecule has 0 bridgehead atoms. The van der Waals surface area contributed by atoms with Crippen LogP contribution in [0.3, 0.4) is 0 Å². The number of carbonyl (C=O) groups is 1. The third-order valence-corrected chi connectivity index (χ3v) is 1.38. The molecule has 0 radical (unpaired) electrons. The highest BCUT2D eigenvalue weighted by Crippen LogP contribution is 2.03. The van der Waals surface area contributed by atoms with E-state index in [-0.39, 0.29) is 12.5 Å². The fourth-order valence-corrected chi connectivity index (χ4v) is 0.807. The van der Waals surface area contributed by atoms with Gasteiger partial charge in [-0.2, -0.15) is 5.10 Å². The third kappa shape index (κ3) is 2.23. The standard InChI is InChI=1S/C6H8ClN3O/c1-8-6(11)4-10-3-5(7)2-9-10/h2-3H,4H2,1H3,(H,8,11). The normalized spacial score (nSPS) is 9.64. The van der Waals surface area contributed by atoms with E-state index in [4.69, 9.17) is 11.6 Å². The number of halogens is 1. The minimum atomic E-state index is -0.0928. The van der Waals surface area contributed by atoms with Gasteiger partial charge in [0.25, 0.3) is 0 Å². The Bertz CT molecular complexity index is 258. The van der Waals surface area contributed by atoms with Crippen LogP contribution in [0, 0.1) is 0 Å². The van der Waals surface area contributed by atoms with Crippen molar-refractivity contribution in [2.24, 2.45) is 0 Å². The van der Waals surface area contributed by atoms with Gasteiger partial charge in [-0.25, -0.2) is 0 Å². The summed E-state index contributed by atoms with van der Waals surface area (Å²) < 4.78 is 1.47. The number of amides is 1. The number of rotatable bonds is 2. The molecule has 1 aromatic rings. The second-order valence-corrected chi connectivity index (χ2v) is 2.47. The Hall–Kier alpha value is -1.03. The Morgan fingerprint density at radius 3 is 3.09 bits per heavy atom. The van der Waals surface area contributed by atoms with Gasteiger partial charge < -0.3 is 5.32 Å². The minimum absolute atomic E-state index is 0.0928. The van der Waals surface area contributed by atoms with Crippen molar-refractivity contribution in [3.8, 4) is 0 Å². The minimum Gasteiger partial charge on any atom is -0.358 e. The lowest BCUT2D eigenvalue weighted by atomic mass is 10.6. The summed E-state index contributed by atoms with van der Waals surface area (Å²) in [6.45, 7) is 0.212. The summed E-state index contributed by atoms with van der Waals surface area (Å²) in [5.41, 5.74) is 0. The smallest absolute Gasteiger partial charge is 0.241 e. The molecule has 60 valence electrons. The van der Waals surface area contributed by atoms with Crippen LogP contribution in [0.5, 0.6) is 0 Å². The molecule has 11 heavy (non-hydrogen) atoms. The maximum atomic E-state index is 10.8. The Morgan fingerprint density at radius 2 is 2.64 bits per heavy atom. The summed E-state index contributed by atoms with van der Waals surface area (Å²) in [5, 5.41) is 6.84. The van der Waals surface area contributed by atoms with E-state index in [1.807, 2.05) is 0 Å². The van der Waals surface area contributed by atoms with Gasteiger partial charge in [-0.1, -0.05) is 11.6 Å². The van der Waals surface area contributed by atoms with E-state index in [9.17, 15) is 4.79 Å². The van der Waals surface area contributed by atoms with Crippen molar-refractivity contribution in [3.05, 3.63) is 17.4 Å². The number of nitrogens with zero attached hydrogens (tertiary/aromatic N) is 2. The Kier molecular flexibility index (Phi) is 2.48. The quantitative estimate of drug-likeness (QED) is 0.699. The maximum absolute atomic E-state index is 10.8. The Morgan fingerprint density at radius 1 is 1.91 bits per heavy atom. The van der Waals surface area contributed by atoms with Gasteiger partial charge in [0.15, 0.2) is 0 Å². The van der Waals surface area contributed by atoms with E-state index in [0.29, 0.717) is 5.02 Å². The molecule has 0 aliphatic rings. The number of hydrogen-bond donors (Lipinski definition) is 1. The zero-order chi connectivity index (χ0) is 8.27. The molecule has 1 heterocycles. The number of likely N-dealkylation sites (N-methyl/N-ethyl adjacent to an activating group) is 1. The van der Waals surface area contributed by atoms with Crippen LogP contribution in [0.4, 0.5) is 0 Å². The number of hydrogen-bond acceptors (Lipinski definition) is 2. The highest BCUT2D eigenvalue weighted by molar-refractivity contribution is 6.30. The molecule has 0 saturated carbocycles. The van der Waals surface area contributed by atoms with Gasteiger partial charge in [-0.05, 0) is 0 Å². The molecule has 1 rings (SSSR count). The molecule has 0 saturated heterocycles. The second-order valence-electron chi connectivity index (χ2n) is 2.03. The van der Waals surface area contributed by atoms with Gasteiger partial charge in [0.05, 0.1) is 11.2 Å². The average molecular weight is 174 g/mol. The lowest BCUT2D eigenvalue weighted by Crippen LogP contribution is -2.23. The molecule has 4 nitrogen and oxygen atoms in total. The van der Waals surface area contributed by atoms with Gasteiger partial charge in [-0.3, -0.25) is 9.48 Å².